The lowest BCUT2D eigenvalue weighted by molar-refractivity contribution is -0.120. The van der Waals surface area contributed by atoms with Gasteiger partial charge < -0.3 is 10.4 Å². The molecule has 0 fully saturated rings. The van der Waals surface area contributed by atoms with E-state index in [-0.39, 0.29) is 16.5 Å². The number of anilines is 2. The number of carbonyl (C=O) groups is 2. The average Bonchev–Trinajstić information content (AvgIpc) is 2.72. The topological polar surface area (TPSA) is 69.6 Å². The average molecular weight is 363 g/mol. The molecule has 2 aromatic rings. The highest BCUT2D eigenvalue weighted by atomic mass is 35.5. The van der Waals surface area contributed by atoms with Crippen LogP contribution in [-0.2, 0) is 9.59 Å². The summed E-state index contributed by atoms with van der Waals surface area (Å²) in [5.41, 5.74) is 1.49. The molecule has 0 unspecified atom stereocenters. The van der Waals surface area contributed by atoms with Gasteiger partial charge in [-0.15, -0.1) is 0 Å². The molecule has 2 aromatic carbocycles. The minimum absolute atomic E-state index is 0.0268. The van der Waals surface area contributed by atoms with Gasteiger partial charge in [-0.05, 0) is 42.8 Å². The van der Waals surface area contributed by atoms with Gasteiger partial charge in [0.25, 0.3) is 11.8 Å². The number of phenols is 1. The number of rotatable bonds is 3. The van der Waals surface area contributed by atoms with E-state index in [1.807, 2.05) is 0 Å². The number of aromatic hydroxyl groups is 1. The van der Waals surface area contributed by atoms with Crippen LogP contribution in [0.3, 0.4) is 0 Å². The van der Waals surface area contributed by atoms with Crippen molar-refractivity contribution in [3.8, 4) is 5.75 Å². The SMILES string of the molecule is Cc1cc(Cl)ccc1N1C(=O)C(Cl)=C(Nc2cccc(O)c2)C1=O. The lowest BCUT2D eigenvalue weighted by atomic mass is 10.2. The summed E-state index contributed by atoms with van der Waals surface area (Å²) < 4.78 is 0. The Bertz CT molecular complexity index is 893. The maximum absolute atomic E-state index is 12.7. The largest absolute Gasteiger partial charge is 0.508 e. The van der Waals surface area contributed by atoms with Gasteiger partial charge in [0, 0.05) is 16.8 Å². The zero-order valence-electron chi connectivity index (χ0n) is 12.5. The number of hydrogen-bond acceptors (Lipinski definition) is 4. The molecule has 5 nitrogen and oxygen atoms in total. The standard InChI is InChI=1S/C17H12Cl2N2O3/c1-9-7-10(18)5-6-13(9)21-16(23)14(19)15(17(21)24)20-11-3-2-4-12(22)8-11/h2-8,20,22H,1H3. The first-order chi connectivity index (χ1) is 11.4. The summed E-state index contributed by atoms with van der Waals surface area (Å²) in [6.45, 7) is 1.75. The minimum atomic E-state index is -0.616. The number of nitrogens with zero attached hydrogens (tertiary/aromatic N) is 1. The fraction of sp³-hybridized carbons (Fsp3) is 0.0588. The normalized spacial score (nSPS) is 14.5. The second-order valence-electron chi connectivity index (χ2n) is 5.24. The summed E-state index contributed by atoms with van der Waals surface area (Å²) in [5, 5.41) is 12.6. The van der Waals surface area contributed by atoms with Crippen LogP contribution < -0.4 is 10.2 Å². The van der Waals surface area contributed by atoms with Crippen LogP contribution in [0.25, 0.3) is 0 Å². The van der Waals surface area contributed by atoms with Crippen molar-refractivity contribution in [3.05, 3.63) is 63.8 Å². The van der Waals surface area contributed by atoms with Crippen LogP contribution in [0.2, 0.25) is 5.02 Å². The molecule has 1 aliphatic rings. The Labute approximate surface area is 148 Å². The van der Waals surface area contributed by atoms with Crippen molar-refractivity contribution in [1.82, 2.24) is 0 Å². The summed E-state index contributed by atoms with van der Waals surface area (Å²) in [6.07, 6.45) is 0. The van der Waals surface area contributed by atoms with E-state index < -0.39 is 11.8 Å². The fourth-order valence-corrected chi connectivity index (χ4v) is 2.87. The monoisotopic (exact) mass is 362 g/mol. The third-order valence-electron chi connectivity index (χ3n) is 3.54. The van der Waals surface area contributed by atoms with E-state index >= 15 is 0 Å². The number of halogens is 2. The molecule has 24 heavy (non-hydrogen) atoms. The molecule has 122 valence electrons. The molecule has 2 amide bonds. The molecule has 1 heterocycles. The van der Waals surface area contributed by atoms with Crippen LogP contribution in [0.15, 0.2) is 53.2 Å². The van der Waals surface area contributed by atoms with Gasteiger partial charge in [0.2, 0.25) is 0 Å². The van der Waals surface area contributed by atoms with Crippen LogP contribution in [0.4, 0.5) is 11.4 Å². The Morgan fingerprint density at radius 2 is 1.79 bits per heavy atom. The first-order valence-corrected chi connectivity index (χ1v) is 7.75. The number of aryl methyl sites for hydroxylation is 1. The number of amides is 2. The molecule has 0 aliphatic carbocycles. The molecule has 1 aliphatic heterocycles. The number of phenolic OH excluding ortho intramolecular Hbond substituents is 1. The molecule has 0 saturated carbocycles. The molecule has 0 aromatic heterocycles. The van der Waals surface area contributed by atoms with Crippen molar-refractivity contribution in [1.29, 1.82) is 0 Å². The van der Waals surface area contributed by atoms with Gasteiger partial charge in [-0.1, -0.05) is 29.3 Å². The Kier molecular flexibility index (Phi) is 4.22. The summed E-state index contributed by atoms with van der Waals surface area (Å²) in [6, 6.07) is 11.0. The van der Waals surface area contributed by atoms with E-state index in [1.54, 1.807) is 37.3 Å². The second kappa shape index (κ2) is 6.19. The third kappa shape index (κ3) is 2.84. The molecule has 0 bridgehead atoms. The van der Waals surface area contributed by atoms with Crippen molar-refractivity contribution in [2.45, 2.75) is 6.92 Å². The predicted molar refractivity (Wildman–Crippen MR) is 93.3 cm³/mol. The van der Waals surface area contributed by atoms with Gasteiger partial charge in [0.15, 0.2) is 0 Å². The van der Waals surface area contributed by atoms with E-state index in [4.69, 9.17) is 23.2 Å². The predicted octanol–water partition coefficient (Wildman–Crippen LogP) is 3.79. The maximum atomic E-state index is 12.7. The number of carbonyl (C=O) groups excluding carboxylic acids is 2. The maximum Gasteiger partial charge on any atom is 0.283 e. The second-order valence-corrected chi connectivity index (χ2v) is 6.06. The minimum Gasteiger partial charge on any atom is -0.508 e. The highest BCUT2D eigenvalue weighted by Gasteiger charge is 2.39. The summed E-state index contributed by atoms with van der Waals surface area (Å²) in [5.74, 6) is -1.16. The van der Waals surface area contributed by atoms with E-state index in [1.165, 1.54) is 12.1 Å². The number of nitrogens with one attached hydrogen (secondary N) is 1. The summed E-state index contributed by atoms with van der Waals surface area (Å²) in [7, 11) is 0. The Morgan fingerprint density at radius 3 is 2.46 bits per heavy atom. The summed E-state index contributed by atoms with van der Waals surface area (Å²) in [4.78, 5) is 26.1. The molecule has 0 atom stereocenters. The van der Waals surface area contributed by atoms with E-state index in [0.29, 0.717) is 22.0 Å². The fourth-order valence-electron chi connectivity index (χ4n) is 2.43. The van der Waals surface area contributed by atoms with Gasteiger partial charge in [0.1, 0.15) is 16.5 Å². The van der Waals surface area contributed by atoms with Gasteiger partial charge in [0.05, 0.1) is 5.69 Å². The van der Waals surface area contributed by atoms with Crippen LogP contribution in [0.1, 0.15) is 5.56 Å². The molecule has 7 heteroatoms. The van der Waals surface area contributed by atoms with Gasteiger partial charge >= 0.3 is 0 Å². The number of benzene rings is 2. The zero-order chi connectivity index (χ0) is 17.4. The molecule has 2 N–H and O–H groups in total. The van der Waals surface area contributed by atoms with Gasteiger partial charge in [-0.25, -0.2) is 4.90 Å². The van der Waals surface area contributed by atoms with Crippen molar-refractivity contribution in [3.63, 3.8) is 0 Å². The Morgan fingerprint density at radius 1 is 1.04 bits per heavy atom. The van der Waals surface area contributed by atoms with Crippen LogP contribution >= 0.6 is 23.2 Å². The van der Waals surface area contributed by atoms with Crippen molar-refractivity contribution >= 4 is 46.4 Å². The summed E-state index contributed by atoms with van der Waals surface area (Å²) >= 11 is 12.0. The Hall–Kier alpha value is -2.50. The zero-order valence-corrected chi connectivity index (χ0v) is 14.0. The lowest BCUT2D eigenvalue weighted by Gasteiger charge is -2.17. The highest BCUT2D eigenvalue weighted by Crippen LogP contribution is 2.33. The van der Waals surface area contributed by atoms with Crippen LogP contribution in [0.5, 0.6) is 5.75 Å². The molecular formula is C17H12Cl2N2O3. The van der Waals surface area contributed by atoms with Gasteiger partial charge in [-0.3, -0.25) is 9.59 Å². The first kappa shape index (κ1) is 16.4. The molecule has 0 saturated heterocycles. The number of imide groups is 1. The van der Waals surface area contributed by atoms with Crippen LogP contribution in [0, 0.1) is 6.92 Å². The molecular weight excluding hydrogens is 351 g/mol. The van der Waals surface area contributed by atoms with E-state index in [0.717, 1.165) is 4.90 Å². The quantitative estimate of drug-likeness (QED) is 0.815. The molecule has 0 spiro atoms. The smallest absolute Gasteiger partial charge is 0.283 e. The van der Waals surface area contributed by atoms with Crippen molar-refractivity contribution in [2.75, 3.05) is 10.2 Å². The third-order valence-corrected chi connectivity index (χ3v) is 4.13. The van der Waals surface area contributed by atoms with E-state index in [2.05, 4.69) is 5.32 Å². The van der Waals surface area contributed by atoms with Crippen molar-refractivity contribution in [2.24, 2.45) is 0 Å². The first-order valence-electron chi connectivity index (χ1n) is 6.99. The van der Waals surface area contributed by atoms with Gasteiger partial charge in [-0.2, -0.15) is 0 Å². The lowest BCUT2D eigenvalue weighted by Crippen LogP contribution is -2.32. The molecule has 3 rings (SSSR count). The van der Waals surface area contributed by atoms with E-state index in [9.17, 15) is 14.7 Å². The van der Waals surface area contributed by atoms with Crippen molar-refractivity contribution < 1.29 is 14.7 Å². The number of hydrogen-bond donors (Lipinski definition) is 2. The molecule has 0 radical (unpaired) electrons. The highest BCUT2D eigenvalue weighted by molar-refractivity contribution is 6.53. The van der Waals surface area contributed by atoms with Crippen LogP contribution in [-0.4, -0.2) is 16.9 Å². The Balaban J connectivity index is 1.95.